The smallest absolute Gasteiger partial charge is 0.185 e. The number of Topliss-reactive ketones (excluding diaryl/α,β-unsaturated/α-hetero) is 1. The molecule has 29 heavy (non-hydrogen) atoms. The van der Waals surface area contributed by atoms with Crippen molar-refractivity contribution in [2.45, 2.75) is 32.1 Å². The topological polar surface area (TPSA) is 69.4 Å². The van der Waals surface area contributed by atoms with E-state index in [-0.39, 0.29) is 11.7 Å². The Morgan fingerprint density at radius 2 is 2.00 bits per heavy atom. The minimum absolute atomic E-state index is 0.0404. The van der Waals surface area contributed by atoms with Gasteiger partial charge >= 0.3 is 0 Å². The summed E-state index contributed by atoms with van der Waals surface area (Å²) < 4.78 is 7.12. The van der Waals surface area contributed by atoms with Crippen LogP contribution in [0.2, 0.25) is 0 Å². The number of carbonyl (C=O) groups is 1. The number of fused-ring (bicyclic) bond motifs is 3. The number of hydrogen-bond acceptors (Lipinski definition) is 6. The van der Waals surface area contributed by atoms with Gasteiger partial charge in [0.15, 0.2) is 17.1 Å². The van der Waals surface area contributed by atoms with Crippen molar-refractivity contribution < 1.29 is 9.53 Å². The van der Waals surface area contributed by atoms with Crippen molar-refractivity contribution >= 4 is 22.8 Å². The second-order valence-corrected chi connectivity index (χ2v) is 8.16. The van der Waals surface area contributed by atoms with Gasteiger partial charge in [0, 0.05) is 23.6 Å². The number of nitrogens with zero attached hydrogens (tertiary/aromatic N) is 4. The molecule has 0 radical (unpaired) electrons. The van der Waals surface area contributed by atoms with Crippen molar-refractivity contribution in [2.75, 3.05) is 7.11 Å². The maximum absolute atomic E-state index is 12.8. The first-order valence-electron chi connectivity index (χ1n) is 9.67. The Balaban J connectivity index is 1.68. The maximum Gasteiger partial charge on any atom is 0.185 e. The first-order chi connectivity index (χ1) is 14.2. The highest BCUT2D eigenvalue weighted by Crippen LogP contribution is 2.36. The van der Waals surface area contributed by atoms with Crippen LogP contribution in [0.15, 0.2) is 41.8 Å². The molecule has 0 amide bonds. The van der Waals surface area contributed by atoms with Crippen molar-refractivity contribution in [3.63, 3.8) is 0 Å². The Kier molecular flexibility index (Phi) is 4.39. The van der Waals surface area contributed by atoms with E-state index in [1.807, 2.05) is 34.8 Å². The third-order valence-electron chi connectivity index (χ3n) is 5.50. The van der Waals surface area contributed by atoms with Crippen LogP contribution in [0, 0.1) is 0 Å². The fourth-order valence-electron chi connectivity index (χ4n) is 4.04. The molecule has 6 nitrogen and oxygen atoms in total. The van der Waals surface area contributed by atoms with Gasteiger partial charge in [-0.15, -0.1) is 21.5 Å². The van der Waals surface area contributed by atoms with E-state index in [1.54, 1.807) is 18.4 Å². The highest BCUT2D eigenvalue weighted by Gasteiger charge is 2.32. The second kappa shape index (κ2) is 7.08. The third-order valence-corrected chi connectivity index (χ3v) is 6.54. The van der Waals surface area contributed by atoms with Gasteiger partial charge in [-0.1, -0.05) is 25.1 Å². The summed E-state index contributed by atoms with van der Waals surface area (Å²) in [5, 5.41) is 15.7. The lowest BCUT2D eigenvalue weighted by Crippen LogP contribution is -2.23. The zero-order valence-electron chi connectivity index (χ0n) is 16.3. The van der Waals surface area contributed by atoms with Crippen LogP contribution >= 0.6 is 11.3 Å². The number of methoxy groups -OCH3 is 1. The number of aryl methyl sites for hydroxylation is 1. The summed E-state index contributed by atoms with van der Waals surface area (Å²) in [6.07, 6.45) is 1.98. The van der Waals surface area contributed by atoms with Gasteiger partial charge in [0.05, 0.1) is 24.1 Å². The van der Waals surface area contributed by atoms with Crippen LogP contribution in [-0.4, -0.2) is 32.7 Å². The number of carbonyl (C=O) groups excluding carboxylic acids is 1. The Morgan fingerprint density at radius 3 is 2.69 bits per heavy atom. The molecule has 0 unspecified atom stereocenters. The zero-order chi connectivity index (χ0) is 20.0. The predicted octanol–water partition coefficient (Wildman–Crippen LogP) is 4.34. The number of hydrogen-bond donors (Lipinski definition) is 0. The summed E-state index contributed by atoms with van der Waals surface area (Å²) in [6, 6.07) is 12.0. The molecule has 0 bridgehead atoms. The van der Waals surface area contributed by atoms with E-state index < -0.39 is 0 Å². The lowest BCUT2D eigenvalue weighted by Gasteiger charge is -2.21. The van der Waals surface area contributed by atoms with Crippen LogP contribution in [-0.2, 0) is 12.8 Å². The molecule has 1 atom stereocenters. The third kappa shape index (κ3) is 2.93. The van der Waals surface area contributed by atoms with Crippen molar-refractivity contribution in [1.29, 1.82) is 0 Å². The molecule has 146 valence electrons. The lowest BCUT2D eigenvalue weighted by atomic mass is 9.87. The average Bonchev–Trinajstić information content (AvgIpc) is 3.41. The predicted molar refractivity (Wildman–Crippen MR) is 112 cm³/mol. The molecule has 0 N–H and O–H groups in total. The van der Waals surface area contributed by atoms with Crippen molar-refractivity contribution in [3.8, 4) is 16.9 Å². The van der Waals surface area contributed by atoms with E-state index in [1.165, 1.54) is 4.88 Å². The van der Waals surface area contributed by atoms with Crippen LogP contribution in [0.1, 0.15) is 46.0 Å². The monoisotopic (exact) mass is 404 g/mol. The number of aromatic nitrogens is 4. The number of ketones is 1. The minimum atomic E-state index is 0.0404. The van der Waals surface area contributed by atoms with E-state index in [0.717, 1.165) is 41.1 Å². The van der Waals surface area contributed by atoms with Crippen LogP contribution < -0.4 is 4.74 Å². The second-order valence-electron chi connectivity index (χ2n) is 7.18. The summed E-state index contributed by atoms with van der Waals surface area (Å²) in [7, 11) is 1.65. The molecule has 0 aliphatic heterocycles. The molecule has 0 spiro atoms. The summed E-state index contributed by atoms with van der Waals surface area (Å²) in [6.45, 7) is 2.08. The fraction of sp³-hybridized carbons (Fsp3) is 0.273. The van der Waals surface area contributed by atoms with Gasteiger partial charge in [0.25, 0.3) is 0 Å². The molecule has 3 heterocycles. The molecule has 1 aliphatic rings. The Bertz CT molecular complexity index is 1200. The molecule has 1 aliphatic carbocycles. The first-order valence-corrected chi connectivity index (χ1v) is 10.6. The van der Waals surface area contributed by atoms with Crippen LogP contribution in [0.25, 0.3) is 16.8 Å². The summed E-state index contributed by atoms with van der Waals surface area (Å²) in [5.74, 6) is 1.01. The molecule has 3 aromatic heterocycles. The van der Waals surface area contributed by atoms with Crippen molar-refractivity contribution in [3.05, 3.63) is 63.7 Å². The largest absolute Gasteiger partial charge is 0.497 e. The van der Waals surface area contributed by atoms with Crippen molar-refractivity contribution in [1.82, 2.24) is 19.8 Å². The quantitative estimate of drug-likeness (QED) is 0.506. The zero-order valence-corrected chi connectivity index (χ0v) is 17.1. The van der Waals surface area contributed by atoms with E-state index in [0.29, 0.717) is 17.8 Å². The van der Waals surface area contributed by atoms with Gasteiger partial charge in [0.2, 0.25) is 0 Å². The first kappa shape index (κ1) is 18.0. The highest BCUT2D eigenvalue weighted by molar-refractivity contribution is 7.10. The number of ether oxygens (including phenoxy) is 1. The molecule has 5 rings (SSSR count). The van der Waals surface area contributed by atoms with Gasteiger partial charge in [-0.25, -0.2) is 4.52 Å². The van der Waals surface area contributed by atoms with E-state index in [9.17, 15) is 4.79 Å². The minimum Gasteiger partial charge on any atom is -0.497 e. The SMILES string of the molecule is CCc1nn2c3c(nnc2c1-c1ccc(OC)cc1)C(=O)C[C@@H](c1cccs1)C3. The van der Waals surface area contributed by atoms with Gasteiger partial charge < -0.3 is 4.74 Å². The molecular formula is C22H20N4O2S. The standard InChI is InChI=1S/C22H20N4O2S/c1-3-16-20(13-6-8-15(28-2)9-7-13)22-24-23-21-17(26(22)25-16)11-14(12-18(21)27)19-5-4-10-29-19/h4-10,14H,3,11-12H2,1-2H3/t14-/m0/s1. The van der Waals surface area contributed by atoms with Gasteiger partial charge in [-0.3, -0.25) is 4.79 Å². The molecule has 1 aromatic carbocycles. The average molecular weight is 404 g/mol. The van der Waals surface area contributed by atoms with Crippen molar-refractivity contribution in [2.24, 2.45) is 0 Å². The van der Waals surface area contributed by atoms with Gasteiger partial charge in [-0.2, -0.15) is 5.10 Å². The Labute approximate surface area is 172 Å². The van der Waals surface area contributed by atoms with E-state index in [4.69, 9.17) is 9.84 Å². The molecule has 0 saturated heterocycles. The van der Waals surface area contributed by atoms with E-state index >= 15 is 0 Å². The van der Waals surface area contributed by atoms with Crippen LogP contribution in [0.3, 0.4) is 0 Å². The molecule has 0 saturated carbocycles. The molecule has 7 heteroatoms. The summed E-state index contributed by atoms with van der Waals surface area (Å²) in [5.41, 5.74) is 4.95. The fourth-order valence-corrected chi connectivity index (χ4v) is 4.87. The normalized spacial score (nSPS) is 16.2. The number of rotatable bonds is 4. The maximum atomic E-state index is 12.8. The summed E-state index contributed by atoms with van der Waals surface area (Å²) >= 11 is 1.69. The highest BCUT2D eigenvalue weighted by atomic mass is 32.1. The Morgan fingerprint density at radius 1 is 1.17 bits per heavy atom. The molecule has 0 fully saturated rings. The summed E-state index contributed by atoms with van der Waals surface area (Å²) in [4.78, 5) is 14.0. The Hall–Kier alpha value is -3.06. The number of benzene rings is 1. The van der Waals surface area contributed by atoms with Gasteiger partial charge in [-0.05, 0) is 35.6 Å². The molecule has 4 aromatic rings. The van der Waals surface area contributed by atoms with Crippen LogP contribution in [0.4, 0.5) is 0 Å². The molecular weight excluding hydrogens is 384 g/mol. The van der Waals surface area contributed by atoms with Gasteiger partial charge in [0.1, 0.15) is 5.75 Å². The van der Waals surface area contributed by atoms with Crippen LogP contribution in [0.5, 0.6) is 5.75 Å². The number of thiophene rings is 1. The lowest BCUT2D eigenvalue weighted by molar-refractivity contribution is 0.0956. The van der Waals surface area contributed by atoms with E-state index in [2.05, 4.69) is 28.6 Å².